The van der Waals surface area contributed by atoms with Crippen LogP contribution in [0.3, 0.4) is 0 Å². The van der Waals surface area contributed by atoms with E-state index in [2.05, 4.69) is 0 Å². The van der Waals surface area contributed by atoms with E-state index in [9.17, 15) is 9.59 Å². The van der Waals surface area contributed by atoms with E-state index in [4.69, 9.17) is 4.74 Å². The largest absolute Gasteiger partial charge is 0.343 e. The molecule has 1 unspecified atom stereocenters. The molecule has 3 fully saturated rings. The number of carbonyl (C=O) groups excluding carboxylic acids is 2. The number of fused-ring (bicyclic) bond motifs is 3. The lowest BCUT2D eigenvalue weighted by molar-refractivity contribution is -0.174. The molecule has 0 bridgehead atoms. The number of carbonyl (C=O) groups is 2. The van der Waals surface area contributed by atoms with Gasteiger partial charge >= 0.3 is 0 Å². The second kappa shape index (κ2) is 5.06. The van der Waals surface area contributed by atoms with E-state index >= 15 is 0 Å². The topological polar surface area (TPSA) is 49.9 Å². The molecule has 0 aromatic heterocycles. The first-order chi connectivity index (χ1) is 11.0. The lowest BCUT2D eigenvalue weighted by Gasteiger charge is -2.50. The number of hydrogen-bond donors (Lipinski definition) is 0. The standard InChI is InChI=1S/C18H22N2O3/c1-12-15(21)20-16(23-12)14-9-6-10-19(14)17(22)18(20,2)11-13-7-4-3-5-8-13/h3-5,7-8,12,14,16H,6,9-11H2,1-2H3/t12-,14+,16?,18+/m1/s1. The lowest BCUT2D eigenvalue weighted by Crippen LogP contribution is -2.70. The first-order valence-electron chi connectivity index (χ1n) is 8.36. The zero-order valence-electron chi connectivity index (χ0n) is 13.6. The number of nitrogens with zero attached hydrogens (tertiary/aromatic N) is 2. The molecule has 0 radical (unpaired) electrons. The van der Waals surface area contributed by atoms with Crippen molar-refractivity contribution in [2.45, 2.75) is 57.0 Å². The summed E-state index contributed by atoms with van der Waals surface area (Å²) in [4.78, 5) is 29.6. The maximum absolute atomic E-state index is 13.2. The van der Waals surface area contributed by atoms with Gasteiger partial charge in [-0.1, -0.05) is 30.3 Å². The van der Waals surface area contributed by atoms with Crippen molar-refractivity contribution in [2.24, 2.45) is 0 Å². The van der Waals surface area contributed by atoms with Gasteiger partial charge in [0.15, 0.2) is 6.23 Å². The fraction of sp³-hybridized carbons (Fsp3) is 0.556. The van der Waals surface area contributed by atoms with Gasteiger partial charge < -0.3 is 9.64 Å². The Morgan fingerprint density at radius 3 is 2.74 bits per heavy atom. The minimum atomic E-state index is -0.866. The molecular formula is C18H22N2O3. The van der Waals surface area contributed by atoms with Crippen molar-refractivity contribution in [1.82, 2.24) is 9.80 Å². The summed E-state index contributed by atoms with van der Waals surface area (Å²) < 4.78 is 5.96. The van der Waals surface area contributed by atoms with Gasteiger partial charge in [0.1, 0.15) is 11.6 Å². The third kappa shape index (κ3) is 2.02. The molecule has 3 heterocycles. The molecule has 0 saturated carbocycles. The molecule has 3 saturated heterocycles. The van der Waals surface area contributed by atoms with Crippen molar-refractivity contribution in [3.05, 3.63) is 35.9 Å². The summed E-state index contributed by atoms with van der Waals surface area (Å²) in [5.74, 6) is -0.000478. The van der Waals surface area contributed by atoms with Crippen LogP contribution in [0.5, 0.6) is 0 Å². The normalized spacial score (nSPS) is 36.3. The number of ether oxygens (including phenoxy) is 1. The average Bonchev–Trinajstić information content (AvgIpc) is 3.12. The van der Waals surface area contributed by atoms with Crippen LogP contribution in [0.4, 0.5) is 0 Å². The second-order valence-corrected chi connectivity index (χ2v) is 7.02. The number of rotatable bonds is 2. The van der Waals surface area contributed by atoms with Gasteiger partial charge in [-0.05, 0) is 32.3 Å². The molecule has 122 valence electrons. The Morgan fingerprint density at radius 2 is 2.00 bits per heavy atom. The molecule has 5 nitrogen and oxygen atoms in total. The van der Waals surface area contributed by atoms with Crippen LogP contribution in [0.15, 0.2) is 30.3 Å². The highest BCUT2D eigenvalue weighted by Crippen LogP contribution is 2.42. The highest BCUT2D eigenvalue weighted by atomic mass is 16.5. The maximum Gasteiger partial charge on any atom is 0.254 e. The highest BCUT2D eigenvalue weighted by molar-refractivity contribution is 5.95. The fourth-order valence-corrected chi connectivity index (χ4v) is 4.34. The van der Waals surface area contributed by atoms with Crippen molar-refractivity contribution >= 4 is 11.8 Å². The van der Waals surface area contributed by atoms with Gasteiger partial charge in [-0.3, -0.25) is 14.5 Å². The third-order valence-corrected chi connectivity index (χ3v) is 5.46. The van der Waals surface area contributed by atoms with Crippen LogP contribution in [0.1, 0.15) is 32.3 Å². The van der Waals surface area contributed by atoms with Crippen molar-refractivity contribution in [2.75, 3.05) is 6.54 Å². The van der Waals surface area contributed by atoms with Crippen LogP contribution < -0.4 is 0 Å². The lowest BCUT2D eigenvalue weighted by atomic mass is 9.85. The summed E-state index contributed by atoms with van der Waals surface area (Å²) in [6, 6.07) is 9.92. The molecule has 3 aliphatic rings. The number of hydrogen-bond acceptors (Lipinski definition) is 3. The summed E-state index contributed by atoms with van der Waals surface area (Å²) in [6.45, 7) is 4.45. The van der Waals surface area contributed by atoms with Crippen LogP contribution in [0, 0.1) is 0 Å². The van der Waals surface area contributed by atoms with Gasteiger partial charge in [-0.15, -0.1) is 0 Å². The molecule has 0 aliphatic carbocycles. The van der Waals surface area contributed by atoms with Gasteiger partial charge in [-0.25, -0.2) is 0 Å². The zero-order chi connectivity index (χ0) is 16.2. The zero-order valence-corrected chi connectivity index (χ0v) is 13.6. The van der Waals surface area contributed by atoms with Crippen LogP contribution in [-0.4, -0.2) is 52.1 Å². The van der Waals surface area contributed by atoms with Gasteiger partial charge in [0.25, 0.3) is 5.91 Å². The molecule has 0 N–H and O–H groups in total. The quantitative estimate of drug-likeness (QED) is 0.832. The van der Waals surface area contributed by atoms with E-state index in [0.717, 1.165) is 24.9 Å². The molecule has 1 aromatic carbocycles. The van der Waals surface area contributed by atoms with Crippen LogP contribution >= 0.6 is 0 Å². The Kier molecular flexibility index (Phi) is 3.23. The Bertz CT molecular complexity index is 647. The predicted octanol–water partition coefficient (Wildman–Crippen LogP) is 1.57. The van der Waals surface area contributed by atoms with Gasteiger partial charge in [-0.2, -0.15) is 0 Å². The minimum Gasteiger partial charge on any atom is -0.343 e. The van der Waals surface area contributed by atoms with Gasteiger partial charge in [0, 0.05) is 13.0 Å². The van der Waals surface area contributed by atoms with E-state index in [1.54, 1.807) is 11.8 Å². The number of benzene rings is 1. The molecule has 0 spiro atoms. The van der Waals surface area contributed by atoms with Crippen LogP contribution in [0.2, 0.25) is 0 Å². The maximum atomic E-state index is 13.2. The smallest absolute Gasteiger partial charge is 0.254 e. The van der Waals surface area contributed by atoms with Gasteiger partial charge in [0.05, 0.1) is 6.04 Å². The molecule has 1 aromatic rings. The van der Waals surface area contributed by atoms with Crippen molar-refractivity contribution in [3.63, 3.8) is 0 Å². The van der Waals surface area contributed by atoms with E-state index in [1.165, 1.54) is 0 Å². The minimum absolute atomic E-state index is 0.0141. The van der Waals surface area contributed by atoms with E-state index in [-0.39, 0.29) is 24.1 Å². The highest BCUT2D eigenvalue weighted by Gasteiger charge is 2.61. The molecular weight excluding hydrogens is 292 g/mol. The number of amides is 2. The van der Waals surface area contributed by atoms with E-state index < -0.39 is 11.6 Å². The van der Waals surface area contributed by atoms with E-state index in [0.29, 0.717) is 6.42 Å². The predicted molar refractivity (Wildman–Crippen MR) is 84.5 cm³/mol. The Balaban J connectivity index is 1.76. The molecule has 23 heavy (non-hydrogen) atoms. The Morgan fingerprint density at radius 1 is 1.26 bits per heavy atom. The first-order valence-corrected chi connectivity index (χ1v) is 8.36. The average molecular weight is 314 g/mol. The molecule has 3 aliphatic heterocycles. The van der Waals surface area contributed by atoms with Crippen LogP contribution in [0.25, 0.3) is 0 Å². The summed E-state index contributed by atoms with van der Waals surface area (Å²) in [7, 11) is 0. The van der Waals surface area contributed by atoms with E-state index in [1.807, 2.05) is 42.2 Å². The van der Waals surface area contributed by atoms with Crippen LogP contribution in [-0.2, 0) is 20.7 Å². The summed E-state index contributed by atoms with van der Waals surface area (Å²) in [5, 5.41) is 0. The Hall–Kier alpha value is -1.88. The molecule has 4 rings (SSSR count). The second-order valence-electron chi connectivity index (χ2n) is 7.02. The summed E-state index contributed by atoms with van der Waals surface area (Å²) >= 11 is 0. The molecule has 2 amide bonds. The molecule has 4 atom stereocenters. The van der Waals surface area contributed by atoms with Gasteiger partial charge in [0.2, 0.25) is 5.91 Å². The Labute approximate surface area is 136 Å². The third-order valence-electron chi connectivity index (χ3n) is 5.46. The number of piperazine rings is 1. The fourth-order valence-electron chi connectivity index (χ4n) is 4.34. The molecule has 5 heteroatoms. The summed E-state index contributed by atoms with van der Waals surface area (Å²) in [5.41, 5.74) is 0.196. The van der Waals surface area contributed by atoms with Crippen molar-refractivity contribution in [3.8, 4) is 0 Å². The SMILES string of the molecule is C[C@H]1OC2[C@@H]3CCCN3C(=O)[C@](C)(Cc3ccccc3)N2C1=O. The first kappa shape index (κ1) is 14.7. The van der Waals surface area contributed by atoms with Crippen molar-refractivity contribution in [1.29, 1.82) is 0 Å². The summed E-state index contributed by atoms with van der Waals surface area (Å²) in [6.07, 6.45) is 1.64. The monoisotopic (exact) mass is 314 g/mol. The van der Waals surface area contributed by atoms with Crippen molar-refractivity contribution < 1.29 is 14.3 Å².